The van der Waals surface area contributed by atoms with Gasteiger partial charge in [-0.1, -0.05) is 17.8 Å². The first-order chi connectivity index (χ1) is 16.1. The van der Waals surface area contributed by atoms with Crippen LogP contribution in [-0.4, -0.2) is 22.8 Å². The lowest BCUT2D eigenvalue weighted by Gasteiger charge is -2.06. The Hall–Kier alpha value is -3.83. The van der Waals surface area contributed by atoms with Crippen LogP contribution in [0.3, 0.4) is 0 Å². The van der Waals surface area contributed by atoms with Crippen molar-refractivity contribution < 1.29 is 0 Å². The standard InChI is InChI=1S/C28H20N4S/c1-17-3-10-26(11-18(17)2)33-28-16-25-14-23-7-6-21(30-23)12-19-4-5-20(29-19)13-22-8-9-24(31-22)15-27(28)32-25/h3-16H,1-2H3. The number of aliphatic imine (C=N–C) groups is 4. The van der Waals surface area contributed by atoms with Gasteiger partial charge >= 0.3 is 0 Å². The minimum Gasteiger partial charge on any atom is -0.249 e. The van der Waals surface area contributed by atoms with Crippen LogP contribution in [0, 0.1) is 13.8 Å². The summed E-state index contributed by atoms with van der Waals surface area (Å²) in [6.45, 7) is 4.28. The van der Waals surface area contributed by atoms with Crippen LogP contribution in [0.4, 0.5) is 0 Å². The lowest BCUT2D eigenvalue weighted by atomic mass is 10.1. The molecule has 0 aromatic heterocycles. The molecule has 5 heteroatoms. The number of hydrogen-bond donors (Lipinski definition) is 0. The van der Waals surface area contributed by atoms with E-state index in [2.05, 4.69) is 43.1 Å². The van der Waals surface area contributed by atoms with E-state index in [0.29, 0.717) is 0 Å². The van der Waals surface area contributed by atoms with Crippen molar-refractivity contribution in [1.29, 1.82) is 0 Å². The van der Waals surface area contributed by atoms with Gasteiger partial charge in [-0.15, -0.1) is 0 Å². The monoisotopic (exact) mass is 444 g/mol. The number of nitrogens with zero attached hydrogens (tertiary/aromatic N) is 4. The molecule has 0 unspecified atom stereocenters. The number of benzene rings is 1. The maximum Gasteiger partial charge on any atom is 0.0798 e. The van der Waals surface area contributed by atoms with Crippen molar-refractivity contribution in [2.24, 2.45) is 20.0 Å². The lowest BCUT2D eigenvalue weighted by Crippen LogP contribution is -1.94. The smallest absolute Gasteiger partial charge is 0.0798 e. The van der Waals surface area contributed by atoms with Gasteiger partial charge in [0.15, 0.2) is 0 Å². The summed E-state index contributed by atoms with van der Waals surface area (Å²) in [5.41, 5.74) is 9.68. The minimum atomic E-state index is 0.881. The molecule has 5 aliphatic rings. The van der Waals surface area contributed by atoms with E-state index in [1.807, 2.05) is 60.8 Å². The predicted molar refractivity (Wildman–Crippen MR) is 139 cm³/mol. The summed E-state index contributed by atoms with van der Waals surface area (Å²) in [5.74, 6) is 0. The summed E-state index contributed by atoms with van der Waals surface area (Å²) < 4.78 is 0. The fraction of sp³-hybridized carbons (Fsp3) is 0.0714. The molecule has 0 saturated heterocycles. The van der Waals surface area contributed by atoms with Gasteiger partial charge in [0.05, 0.1) is 45.6 Å². The molecule has 5 aliphatic heterocycles. The van der Waals surface area contributed by atoms with E-state index >= 15 is 0 Å². The van der Waals surface area contributed by atoms with E-state index < -0.39 is 0 Å². The third-order valence-electron chi connectivity index (χ3n) is 5.71. The molecule has 0 N–H and O–H groups in total. The molecule has 0 aliphatic carbocycles. The number of aryl methyl sites for hydroxylation is 2. The molecule has 1 aromatic rings. The van der Waals surface area contributed by atoms with Crippen molar-refractivity contribution in [3.05, 3.63) is 124 Å². The minimum absolute atomic E-state index is 0.881. The highest BCUT2D eigenvalue weighted by Gasteiger charge is 2.18. The molecule has 0 saturated carbocycles. The average Bonchev–Trinajstić information content (AvgIpc) is 3.57. The van der Waals surface area contributed by atoms with Crippen LogP contribution in [-0.2, 0) is 0 Å². The van der Waals surface area contributed by atoms with Crippen LogP contribution in [0.15, 0.2) is 138 Å². The van der Waals surface area contributed by atoms with Gasteiger partial charge in [-0.05, 0) is 104 Å². The van der Waals surface area contributed by atoms with Crippen molar-refractivity contribution in [2.45, 2.75) is 18.7 Å². The van der Waals surface area contributed by atoms with Crippen molar-refractivity contribution in [3.63, 3.8) is 0 Å². The van der Waals surface area contributed by atoms with E-state index in [-0.39, 0.29) is 0 Å². The Balaban J connectivity index is 1.43. The molecule has 0 spiro atoms. The number of rotatable bonds is 2. The van der Waals surface area contributed by atoms with Gasteiger partial charge < -0.3 is 0 Å². The van der Waals surface area contributed by atoms with Crippen LogP contribution in [0.1, 0.15) is 11.1 Å². The molecular formula is C28H20N4S. The molecule has 158 valence electrons. The van der Waals surface area contributed by atoms with Gasteiger partial charge in [-0.2, -0.15) is 0 Å². The maximum atomic E-state index is 4.91. The molecule has 0 amide bonds. The summed E-state index contributed by atoms with van der Waals surface area (Å²) in [6.07, 6.45) is 22.2. The predicted octanol–water partition coefficient (Wildman–Crippen LogP) is 6.32. The number of fused-ring (bicyclic) bond motifs is 4. The van der Waals surface area contributed by atoms with Gasteiger partial charge in [-0.25, -0.2) is 20.0 Å². The summed E-state index contributed by atoms with van der Waals surface area (Å²) in [7, 11) is 0. The quantitative estimate of drug-likeness (QED) is 0.527. The molecular weight excluding hydrogens is 424 g/mol. The molecule has 5 heterocycles. The van der Waals surface area contributed by atoms with E-state index in [0.717, 1.165) is 50.5 Å². The zero-order chi connectivity index (χ0) is 22.4. The molecule has 4 nitrogen and oxygen atoms in total. The Morgan fingerprint density at radius 2 is 1.12 bits per heavy atom. The molecule has 1 aromatic carbocycles. The van der Waals surface area contributed by atoms with Crippen molar-refractivity contribution in [2.75, 3.05) is 0 Å². The van der Waals surface area contributed by atoms with E-state index in [1.165, 1.54) is 16.0 Å². The molecule has 0 atom stereocenters. The average molecular weight is 445 g/mol. The number of allylic oxidation sites excluding steroid dienone is 12. The molecule has 0 fully saturated rings. The van der Waals surface area contributed by atoms with Gasteiger partial charge in [0.1, 0.15) is 0 Å². The van der Waals surface area contributed by atoms with Crippen LogP contribution < -0.4 is 0 Å². The SMILES string of the molecule is Cc1ccc(SC2=CC3=CC4=NC(=CC5=NC(=CC6=NC(=CC2=N3)C=C6)C=C5)C=C4)cc1C. The third-order valence-corrected chi connectivity index (χ3v) is 6.74. The van der Waals surface area contributed by atoms with Crippen LogP contribution in [0.2, 0.25) is 0 Å². The largest absolute Gasteiger partial charge is 0.249 e. The van der Waals surface area contributed by atoms with Crippen molar-refractivity contribution >= 4 is 34.6 Å². The summed E-state index contributed by atoms with van der Waals surface area (Å²) in [6, 6.07) is 6.56. The van der Waals surface area contributed by atoms with Gasteiger partial charge in [0.25, 0.3) is 0 Å². The Labute approximate surface area is 197 Å². The first-order valence-electron chi connectivity index (χ1n) is 10.8. The second-order valence-electron chi connectivity index (χ2n) is 8.24. The van der Waals surface area contributed by atoms with Crippen LogP contribution in [0.5, 0.6) is 0 Å². The fourth-order valence-corrected chi connectivity index (χ4v) is 4.87. The van der Waals surface area contributed by atoms with Crippen LogP contribution in [0.25, 0.3) is 0 Å². The first kappa shape index (κ1) is 19.8. The van der Waals surface area contributed by atoms with E-state index in [1.54, 1.807) is 11.8 Å². The van der Waals surface area contributed by atoms with Gasteiger partial charge in [-0.3, -0.25) is 0 Å². The number of hydrogen-bond acceptors (Lipinski definition) is 5. The first-order valence-corrected chi connectivity index (χ1v) is 11.6. The van der Waals surface area contributed by atoms with Gasteiger partial charge in [0.2, 0.25) is 0 Å². The lowest BCUT2D eigenvalue weighted by molar-refractivity contribution is 1.28. The van der Waals surface area contributed by atoms with Crippen molar-refractivity contribution in [3.8, 4) is 0 Å². The summed E-state index contributed by atoms with van der Waals surface area (Å²) >= 11 is 1.73. The summed E-state index contributed by atoms with van der Waals surface area (Å²) in [4.78, 5) is 21.4. The summed E-state index contributed by atoms with van der Waals surface area (Å²) in [5, 5.41) is 0. The zero-order valence-electron chi connectivity index (χ0n) is 18.3. The van der Waals surface area contributed by atoms with E-state index in [4.69, 9.17) is 15.0 Å². The molecule has 0 radical (unpaired) electrons. The highest BCUT2D eigenvalue weighted by Crippen LogP contribution is 2.35. The molecule has 6 rings (SSSR count). The third kappa shape index (κ3) is 4.15. The normalized spacial score (nSPS) is 20.0. The highest BCUT2D eigenvalue weighted by molar-refractivity contribution is 8.04. The Bertz CT molecular complexity index is 1480. The Kier molecular flexibility index (Phi) is 4.77. The van der Waals surface area contributed by atoms with Crippen LogP contribution >= 0.6 is 11.8 Å². The second kappa shape index (κ2) is 7.94. The second-order valence-corrected chi connectivity index (χ2v) is 9.36. The fourth-order valence-electron chi connectivity index (χ4n) is 3.86. The Morgan fingerprint density at radius 3 is 1.73 bits per heavy atom. The molecule has 33 heavy (non-hydrogen) atoms. The van der Waals surface area contributed by atoms with Crippen molar-refractivity contribution in [1.82, 2.24) is 0 Å². The zero-order valence-corrected chi connectivity index (χ0v) is 19.1. The van der Waals surface area contributed by atoms with E-state index in [9.17, 15) is 0 Å². The maximum absolute atomic E-state index is 4.91. The highest BCUT2D eigenvalue weighted by atomic mass is 32.2. The number of thioether (sulfide) groups is 1. The topological polar surface area (TPSA) is 49.4 Å². The molecule has 8 bridgehead atoms. The van der Waals surface area contributed by atoms with Gasteiger partial charge in [0, 0.05) is 9.80 Å². The Morgan fingerprint density at radius 1 is 0.545 bits per heavy atom.